The molecule has 1 amide bonds. The molecule has 0 radical (unpaired) electrons. The Labute approximate surface area is 167 Å². The number of benzene rings is 1. The summed E-state index contributed by atoms with van der Waals surface area (Å²) in [5, 5.41) is 0. The van der Waals surface area contributed by atoms with E-state index in [1.165, 1.54) is 31.2 Å². The zero-order chi connectivity index (χ0) is 19.2. The molecular weight excluding hydrogens is 350 g/mol. The molecule has 1 aliphatic heterocycles. The Balaban J connectivity index is 1.32. The zero-order valence-corrected chi connectivity index (χ0v) is 16.7. The molecule has 4 saturated carbocycles. The lowest BCUT2D eigenvalue weighted by atomic mass is 9.43. The fourth-order valence-electron chi connectivity index (χ4n) is 7.15. The fourth-order valence-corrected chi connectivity index (χ4v) is 7.15. The highest BCUT2D eigenvalue weighted by atomic mass is 16.5. The molecule has 0 spiro atoms. The monoisotopic (exact) mass is 381 g/mol. The summed E-state index contributed by atoms with van der Waals surface area (Å²) < 4.78 is 5.69. The lowest BCUT2D eigenvalue weighted by Gasteiger charge is -2.61. The number of carbonyl (C=O) groups excluding carboxylic acids is 2. The quantitative estimate of drug-likeness (QED) is 0.739. The molecule has 5 fully saturated rings. The van der Waals surface area contributed by atoms with E-state index in [0.29, 0.717) is 11.8 Å². The van der Waals surface area contributed by atoms with Gasteiger partial charge >= 0.3 is 5.97 Å². The molecule has 1 aromatic carbocycles. The summed E-state index contributed by atoms with van der Waals surface area (Å²) >= 11 is 0. The first kappa shape index (κ1) is 18.2. The summed E-state index contributed by atoms with van der Waals surface area (Å²) in [7, 11) is 0. The van der Waals surface area contributed by atoms with E-state index in [-0.39, 0.29) is 29.3 Å². The van der Waals surface area contributed by atoms with Crippen LogP contribution in [-0.4, -0.2) is 36.5 Å². The van der Waals surface area contributed by atoms with Gasteiger partial charge in [0.25, 0.3) is 5.91 Å². The van der Waals surface area contributed by atoms with Crippen molar-refractivity contribution in [3.63, 3.8) is 0 Å². The van der Waals surface area contributed by atoms with Gasteiger partial charge < -0.3 is 9.64 Å². The standard InChI is InChI=1S/C24H31NO3/c26-21(25-9-5-2-6-10-25)16-28-22(27)24-14-18-11-19(15-24)13-23(12-18,17-24)20-7-3-1-4-8-20/h1,3-4,7-8,18-19H,2,5-6,9-17H2/t18-,19+,23?,24?. The molecule has 0 aromatic heterocycles. The lowest BCUT2D eigenvalue weighted by molar-refractivity contribution is -0.176. The highest BCUT2D eigenvalue weighted by Gasteiger charge is 2.61. The van der Waals surface area contributed by atoms with E-state index < -0.39 is 0 Å². The van der Waals surface area contributed by atoms with Gasteiger partial charge in [-0.15, -0.1) is 0 Å². The minimum absolute atomic E-state index is 0.0180. The number of hydrogen-bond acceptors (Lipinski definition) is 3. The molecule has 4 atom stereocenters. The number of ether oxygens (including phenoxy) is 1. The van der Waals surface area contributed by atoms with Gasteiger partial charge in [-0.25, -0.2) is 0 Å². The van der Waals surface area contributed by atoms with Gasteiger partial charge in [0, 0.05) is 13.1 Å². The second-order valence-electron chi connectivity index (χ2n) is 9.91. The summed E-state index contributed by atoms with van der Waals surface area (Å²) in [6, 6.07) is 10.8. The number of rotatable bonds is 4. The number of carbonyl (C=O) groups is 2. The van der Waals surface area contributed by atoms with Gasteiger partial charge in [-0.2, -0.15) is 0 Å². The molecule has 1 aromatic rings. The third-order valence-corrected chi connectivity index (χ3v) is 7.92. The van der Waals surface area contributed by atoms with E-state index in [1.807, 2.05) is 4.90 Å². The molecule has 28 heavy (non-hydrogen) atoms. The molecule has 1 heterocycles. The van der Waals surface area contributed by atoms with Gasteiger partial charge in [-0.05, 0) is 80.6 Å². The van der Waals surface area contributed by atoms with Crippen LogP contribution in [0.1, 0.15) is 63.4 Å². The first-order valence-corrected chi connectivity index (χ1v) is 11.1. The first-order chi connectivity index (χ1) is 13.6. The Morgan fingerprint density at radius 3 is 2.32 bits per heavy atom. The normalized spacial score (nSPS) is 36.4. The predicted molar refractivity (Wildman–Crippen MR) is 107 cm³/mol. The van der Waals surface area contributed by atoms with Crippen LogP contribution < -0.4 is 0 Å². The summed E-state index contributed by atoms with van der Waals surface area (Å²) in [5.41, 5.74) is 1.15. The minimum atomic E-state index is -0.373. The van der Waals surface area contributed by atoms with Crippen molar-refractivity contribution in [3.05, 3.63) is 35.9 Å². The maximum atomic E-state index is 13.3. The number of hydrogen-bond donors (Lipinski definition) is 0. The molecule has 1 saturated heterocycles. The molecule has 4 aliphatic carbocycles. The topological polar surface area (TPSA) is 46.6 Å². The molecule has 150 valence electrons. The SMILES string of the molecule is O=C(COC(=O)C12C[C@H]3C[C@@H](C1)CC(c1ccccc1)(C3)C2)N1CCCCC1. The molecule has 0 N–H and O–H groups in total. The van der Waals surface area contributed by atoms with Crippen LogP contribution in [0.3, 0.4) is 0 Å². The summed E-state index contributed by atoms with van der Waals surface area (Å²) in [6.07, 6.45) is 9.79. The van der Waals surface area contributed by atoms with E-state index in [0.717, 1.165) is 45.2 Å². The van der Waals surface area contributed by atoms with Gasteiger partial charge in [0.2, 0.25) is 0 Å². The Hall–Kier alpha value is -1.84. The number of esters is 1. The number of likely N-dealkylation sites (tertiary alicyclic amines) is 1. The van der Waals surface area contributed by atoms with Crippen molar-refractivity contribution < 1.29 is 14.3 Å². The van der Waals surface area contributed by atoms with Gasteiger partial charge in [-0.3, -0.25) is 9.59 Å². The largest absolute Gasteiger partial charge is 0.455 e. The van der Waals surface area contributed by atoms with E-state index in [9.17, 15) is 9.59 Å². The Morgan fingerprint density at radius 1 is 0.964 bits per heavy atom. The molecule has 5 aliphatic rings. The van der Waals surface area contributed by atoms with Crippen molar-refractivity contribution in [1.29, 1.82) is 0 Å². The minimum Gasteiger partial charge on any atom is -0.455 e. The maximum Gasteiger partial charge on any atom is 0.312 e. The number of amides is 1. The van der Waals surface area contributed by atoms with Crippen LogP contribution in [0.15, 0.2) is 30.3 Å². The molecule has 4 bridgehead atoms. The van der Waals surface area contributed by atoms with Crippen molar-refractivity contribution >= 4 is 11.9 Å². The molecule has 4 heteroatoms. The molecular formula is C24H31NO3. The van der Waals surface area contributed by atoms with E-state index in [4.69, 9.17) is 4.74 Å². The third kappa shape index (κ3) is 3.05. The smallest absolute Gasteiger partial charge is 0.312 e. The van der Waals surface area contributed by atoms with Crippen molar-refractivity contribution in [3.8, 4) is 0 Å². The lowest BCUT2D eigenvalue weighted by Crippen LogP contribution is -2.57. The predicted octanol–water partition coefficient (Wildman–Crippen LogP) is 4.08. The Kier molecular flexibility index (Phi) is 4.48. The fraction of sp³-hybridized carbons (Fsp3) is 0.667. The Morgan fingerprint density at radius 2 is 1.64 bits per heavy atom. The van der Waals surface area contributed by atoms with Crippen LogP contribution >= 0.6 is 0 Å². The zero-order valence-electron chi connectivity index (χ0n) is 16.7. The van der Waals surface area contributed by atoms with E-state index >= 15 is 0 Å². The van der Waals surface area contributed by atoms with Crippen LogP contribution in [0.25, 0.3) is 0 Å². The number of piperidine rings is 1. The van der Waals surface area contributed by atoms with Crippen LogP contribution in [0.5, 0.6) is 0 Å². The summed E-state index contributed by atoms with van der Waals surface area (Å²) in [6.45, 7) is 1.54. The van der Waals surface area contributed by atoms with Crippen LogP contribution in [0, 0.1) is 17.3 Å². The van der Waals surface area contributed by atoms with E-state index in [1.54, 1.807) is 0 Å². The van der Waals surface area contributed by atoms with Crippen LogP contribution in [0.2, 0.25) is 0 Å². The maximum absolute atomic E-state index is 13.3. The highest BCUT2D eigenvalue weighted by molar-refractivity contribution is 5.83. The van der Waals surface area contributed by atoms with Gasteiger partial charge in [0.15, 0.2) is 6.61 Å². The molecule has 4 nitrogen and oxygen atoms in total. The molecule has 2 unspecified atom stereocenters. The summed E-state index contributed by atoms with van der Waals surface area (Å²) in [5.74, 6) is 1.11. The number of nitrogens with zero attached hydrogens (tertiary/aromatic N) is 1. The third-order valence-electron chi connectivity index (χ3n) is 7.92. The molecule has 6 rings (SSSR count). The van der Waals surface area contributed by atoms with Gasteiger partial charge in [-0.1, -0.05) is 30.3 Å². The average Bonchev–Trinajstić information content (AvgIpc) is 2.72. The summed E-state index contributed by atoms with van der Waals surface area (Å²) in [4.78, 5) is 27.6. The highest BCUT2D eigenvalue weighted by Crippen LogP contribution is 2.66. The second kappa shape index (κ2) is 6.89. The van der Waals surface area contributed by atoms with Crippen LogP contribution in [0.4, 0.5) is 0 Å². The van der Waals surface area contributed by atoms with Gasteiger partial charge in [0.05, 0.1) is 5.41 Å². The van der Waals surface area contributed by atoms with Crippen molar-refractivity contribution in [1.82, 2.24) is 4.90 Å². The average molecular weight is 382 g/mol. The van der Waals surface area contributed by atoms with Crippen molar-refractivity contribution in [2.75, 3.05) is 19.7 Å². The van der Waals surface area contributed by atoms with Crippen molar-refractivity contribution in [2.45, 2.75) is 63.2 Å². The van der Waals surface area contributed by atoms with E-state index in [2.05, 4.69) is 30.3 Å². The second-order valence-corrected chi connectivity index (χ2v) is 9.91. The van der Waals surface area contributed by atoms with Crippen molar-refractivity contribution in [2.24, 2.45) is 17.3 Å². The first-order valence-electron chi connectivity index (χ1n) is 11.1. The van der Waals surface area contributed by atoms with Gasteiger partial charge in [0.1, 0.15) is 0 Å². The van der Waals surface area contributed by atoms with Crippen LogP contribution in [-0.2, 0) is 19.7 Å². The Bertz CT molecular complexity index is 738.